The Kier molecular flexibility index (Phi) is 5.05. The highest BCUT2D eigenvalue weighted by atomic mass is 32.2. The minimum absolute atomic E-state index is 0.150. The maximum atomic E-state index is 5.71. The van der Waals surface area contributed by atoms with E-state index in [1.165, 1.54) is 0 Å². The summed E-state index contributed by atoms with van der Waals surface area (Å²) in [5, 5.41) is 5.02. The highest BCUT2D eigenvalue weighted by Gasteiger charge is 2.22. The van der Waals surface area contributed by atoms with Crippen LogP contribution < -0.4 is 9.47 Å². The number of fused-ring (bicyclic) bond motifs is 1. The monoisotopic (exact) mass is 400 g/mol. The standard InChI is InChI=1S/C20H24N4O3S/c1-5-24-14(13-6-7-15-16(10-13)26-9-8-25-15)11-21-19(24)28-12-17-22-18(27-23-17)20(2,3)4/h6-7,10-11H,5,8-9,12H2,1-4H3. The van der Waals surface area contributed by atoms with E-state index in [9.17, 15) is 0 Å². The van der Waals surface area contributed by atoms with Crippen LogP contribution in [-0.2, 0) is 17.7 Å². The molecule has 0 aliphatic carbocycles. The molecule has 0 amide bonds. The van der Waals surface area contributed by atoms with Crippen LogP contribution in [-0.4, -0.2) is 32.9 Å². The molecule has 7 nitrogen and oxygen atoms in total. The second-order valence-electron chi connectivity index (χ2n) is 7.58. The molecule has 0 saturated carbocycles. The topological polar surface area (TPSA) is 75.2 Å². The van der Waals surface area contributed by atoms with Gasteiger partial charge in [0, 0.05) is 17.5 Å². The molecule has 2 aromatic heterocycles. The molecule has 1 aromatic carbocycles. The van der Waals surface area contributed by atoms with Gasteiger partial charge in [-0.3, -0.25) is 0 Å². The second kappa shape index (κ2) is 7.50. The maximum absolute atomic E-state index is 5.71. The lowest BCUT2D eigenvalue weighted by Crippen LogP contribution is -2.15. The molecule has 0 radical (unpaired) electrons. The van der Waals surface area contributed by atoms with E-state index < -0.39 is 0 Å². The predicted molar refractivity (Wildman–Crippen MR) is 107 cm³/mol. The molecule has 0 N–H and O–H groups in total. The summed E-state index contributed by atoms with van der Waals surface area (Å²) in [5.74, 6) is 3.51. The Bertz CT molecular complexity index is 974. The third-order valence-electron chi connectivity index (χ3n) is 4.41. The average Bonchev–Trinajstić information content (AvgIpc) is 3.32. The number of aromatic nitrogens is 4. The fraction of sp³-hybridized carbons (Fsp3) is 0.450. The summed E-state index contributed by atoms with van der Waals surface area (Å²) in [6.07, 6.45) is 1.90. The molecule has 148 valence electrons. The van der Waals surface area contributed by atoms with Crippen LogP contribution >= 0.6 is 11.8 Å². The number of hydrogen-bond acceptors (Lipinski definition) is 7. The molecule has 0 fully saturated rings. The second-order valence-corrected chi connectivity index (χ2v) is 8.53. The fourth-order valence-electron chi connectivity index (χ4n) is 2.96. The van der Waals surface area contributed by atoms with Crippen molar-refractivity contribution in [3.05, 3.63) is 36.1 Å². The van der Waals surface area contributed by atoms with Gasteiger partial charge >= 0.3 is 0 Å². The first-order valence-corrected chi connectivity index (χ1v) is 10.4. The third kappa shape index (κ3) is 3.73. The van der Waals surface area contributed by atoms with Crippen LogP contribution in [0.5, 0.6) is 11.5 Å². The Morgan fingerprint density at radius 1 is 1.14 bits per heavy atom. The number of hydrogen-bond donors (Lipinski definition) is 0. The summed E-state index contributed by atoms with van der Waals surface area (Å²) in [5.41, 5.74) is 1.95. The molecule has 0 bridgehead atoms. The molecule has 1 aliphatic rings. The van der Waals surface area contributed by atoms with Crippen molar-refractivity contribution in [3.63, 3.8) is 0 Å². The molecular formula is C20H24N4O3S. The van der Waals surface area contributed by atoms with Crippen molar-refractivity contribution < 1.29 is 14.0 Å². The highest BCUT2D eigenvalue weighted by Crippen LogP contribution is 2.36. The van der Waals surface area contributed by atoms with Crippen LogP contribution in [0.2, 0.25) is 0 Å². The van der Waals surface area contributed by atoms with E-state index in [-0.39, 0.29) is 5.41 Å². The van der Waals surface area contributed by atoms with Crippen molar-refractivity contribution in [2.45, 2.75) is 50.6 Å². The van der Waals surface area contributed by atoms with Crippen molar-refractivity contribution in [3.8, 4) is 22.8 Å². The van der Waals surface area contributed by atoms with Gasteiger partial charge in [0.25, 0.3) is 0 Å². The van der Waals surface area contributed by atoms with E-state index in [1.807, 2.05) is 24.4 Å². The molecule has 0 unspecified atom stereocenters. The Balaban J connectivity index is 1.54. The molecule has 0 spiro atoms. The van der Waals surface area contributed by atoms with E-state index in [2.05, 4.69) is 47.4 Å². The van der Waals surface area contributed by atoms with Gasteiger partial charge in [-0.25, -0.2) is 4.98 Å². The predicted octanol–water partition coefficient (Wildman–Crippen LogP) is 4.31. The zero-order valence-corrected chi connectivity index (χ0v) is 17.4. The molecule has 4 rings (SSSR count). The number of rotatable bonds is 5. The average molecular weight is 401 g/mol. The van der Waals surface area contributed by atoms with Crippen molar-refractivity contribution >= 4 is 11.8 Å². The number of benzene rings is 1. The molecule has 3 heterocycles. The maximum Gasteiger partial charge on any atom is 0.232 e. The smallest absolute Gasteiger partial charge is 0.232 e. The van der Waals surface area contributed by atoms with Gasteiger partial charge in [0.1, 0.15) is 13.2 Å². The Morgan fingerprint density at radius 3 is 2.64 bits per heavy atom. The quantitative estimate of drug-likeness (QED) is 0.591. The van der Waals surface area contributed by atoms with Crippen molar-refractivity contribution in [1.82, 2.24) is 19.7 Å². The molecule has 0 atom stereocenters. The van der Waals surface area contributed by atoms with Gasteiger partial charge in [-0.2, -0.15) is 4.98 Å². The van der Waals surface area contributed by atoms with Gasteiger partial charge in [0.2, 0.25) is 5.89 Å². The minimum atomic E-state index is -0.150. The van der Waals surface area contributed by atoms with Crippen molar-refractivity contribution in [2.24, 2.45) is 0 Å². The van der Waals surface area contributed by atoms with Gasteiger partial charge in [0.05, 0.1) is 17.6 Å². The van der Waals surface area contributed by atoms with Crippen LogP contribution in [0.15, 0.2) is 34.1 Å². The molecular weight excluding hydrogens is 376 g/mol. The summed E-state index contributed by atoms with van der Waals surface area (Å²) < 4.78 is 18.9. The van der Waals surface area contributed by atoms with E-state index in [1.54, 1.807) is 11.8 Å². The minimum Gasteiger partial charge on any atom is -0.486 e. The fourth-order valence-corrected chi connectivity index (χ4v) is 3.84. The number of thioether (sulfide) groups is 1. The van der Waals surface area contributed by atoms with Gasteiger partial charge in [-0.1, -0.05) is 37.7 Å². The van der Waals surface area contributed by atoms with E-state index in [0.717, 1.165) is 34.5 Å². The Labute approximate surface area is 168 Å². The molecule has 8 heteroatoms. The van der Waals surface area contributed by atoms with Crippen LogP contribution in [0.4, 0.5) is 0 Å². The number of ether oxygens (including phenoxy) is 2. The number of imidazole rings is 1. The first-order chi connectivity index (χ1) is 13.5. The van der Waals surface area contributed by atoms with Crippen LogP contribution in [0.1, 0.15) is 39.4 Å². The van der Waals surface area contributed by atoms with Crippen LogP contribution in [0, 0.1) is 0 Å². The van der Waals surface area contributed by atoms with Gasteiger partial charge < -0.3 is 18.6 Å². The first kappa shape index (κ1) is 18.9. The summed E-state index contributed by atoms with van der Waals surface area (Å²) in [6, 6.07) is 6.01. The molecule has 3 aromatic rings. The van der Waals surface area contributed by atoms with E-state index in [4.69, 9.17) is 14.0 Å². The summed E-state index contributed by atoms with van der Waals surface area (Å²) >= 11 is 1.60. The molecule has 0 saturated heterocycles. The van der Waals surface area contributed by atoms with E-state index in [0.29, 0.717) is 30.7 Å². The first-order valence-electron chi connectivity index (χ1n) is 9.37. The zero-order chi connectivity index (χ0) is 19.7. The van der Waals surface area contributed by atoms with Crippen molar-refractivity contribution in [1.29, 1.82) is 0 Å². The van der Waals surface area contributed by atoms with Gasteiger partial charge in [-0.05, 0) is 25.1 Å². The van der Waals surface area contributed by atoms with Crippen LogP contribution in [0.25, 0.3) is 11.3 Å². The summed E-state index contributed by atoms with van der Waals surface area (Å²) in [4.78, 5) is 9.11. The van der Waals surface area contributed by atoms with Gasteiger partial charge in [0.15, 0.2) is 22.5 Å². The largest absolute Gasteiger partial charge is 0.486 e. The molecule has 28 heavy (non-hydrogen) atoms. The van der Waals surface area contributed by atoms with E-state index >= 15 is 0 Å². The normalized spacial score (nSPS) is 13.7. The SMILES string of the molecule is CCn1c(-c2ccc3c(c2)OCCO3)cnc1SCc1noc(C(C)(C)C)n1. The number of nitrogens with zero attached hydrogens (tertiary/aromatic N) is 4. The third-order valence-corrected chi connectivity index (χ3v) is 5.40. The summed E-state index contributed by atoms with van der Waals surface area (Å²) in [6.45, 7) is 10.3. The zero-order valence-electron chi connectivity index (χ0n) is 16.6. The highest BCUT2D eigenvalue weighted by molar-refractivity contribution is 7.98. The lowest BCUT2D eigenvalue weighted by Gasteiger charge is -2.19. The summed E-state index contributed by atoms with van der Waals surface area (Å²) in [7, 11) is 0. The Morgan fingerprint density at radius 2 is 1.93 bits per heavy atom. The van der Waals surface area contributed by atoms with Crippen LogP contribution in [0.3, 0.4) is 0 Å². The lowest BCUT2D eigenvalue weighted by molar-refractivity contribution is 0.171. The molecule has 1 aliphatic heterocycles. The lowest BCUT2D eigenvalue weighted by atomic mass is 9.97. The van der Waals surface area contributed by atoms with Gasteiger partial charge in [-0.15, -0.1) is 0 Å². The Hall–Kier alpha value is -2.48. The van der Waals surface area contributed by atoms with Crippen molar-refractivity contribution in [2.75, 3.05) is 13.2 Å².